The number of aromatic nitrogens is 2. The number of aliphatic hydroxyl groups is 2. The number of nitrogens with zero attached hydrogens (tertiary/aromatic N) is 1. The first-order valence-corrected chi connectivity index (χ1v) is 14.2. The molecular formula is C29H43N3O11. The van der Waals surface area contributed by atoms with E-state index in [9.17, 15) is 34.2 Å². The van der Waals surface area contributed by atoms with E-state index in [2.05, 4.69) is 22.1 Å². The van der Waals surface area contributed by atoms with Gasteiger partial charge in [0.2, 0.25) is 0 Å². The predicted molar refractivity (Wildman–Crippen MR) is 153 cm³/mol. The Morgan fingerprint density at radius 1 is 1.14 bits per heavy atom. The number of carbonyl (C=O) groups is 3. The molecule has 4 atom stereocenters. The highest BCUT2D eigenvalue weighted by Gasteiger charge is 2.35. The van der Waals surface area contributed by atoms with Gasteiger partial charge in [-0.2, -0.15) is 0 Å². The van der Waals surface area contributed by atoms with Crippen LogP contribution in [0.25, 0.3) is 0 Å². The zero-order valence-corrected chi connectivity index (χ0v) is 25.6. The maximum absolute atomic E-state index is 12.7. The Morgan fingerprint density at radius 3 is 2.42 bits per heavy atom. The van der Waals surface area contributed by atoms with Crippen molar-refractivity contribution in [2.45, 2.75) is 116 Å². The summed E-state index contributed by atoms with van der Waals surface area (Å²) in [5, 5.41) is 21.7. The fourth-order valence-corrected chi connectivity index (χ4v) is 3.94. The largest absolute Gasteiger partial charge is 0.464 e. The molecule has 1 saturated heterocycles. The summed E-state index contributed by atoms with van der Waals surface area (Å²) in [5.41, 5.74) is -2.85. The van der Waals surface area contributed by atoms with Gasteiger partial charge < -0.3 is 34.5 Å². The maximum atomic E-state index is 12.7. The minimum absolute atomic E-state index is 0.0256. The van der Waals surface area contributed by atoms with Crippen LogP contribution in [0.1, 0.15) is 91.9 Å². The third-order valence-corrected chi connectivity index (χ3v) is 5.86. The van der Waals surface area contributed by atoms with Gasteiger partial charge in [0.15, 0.2) is 0 Å². The van der Waals surface area contributed by atoms with Crippen LogP contribution in [0.4, 0.5) is 4.79 Å². The van der Waals surface area contributed by atoms with Crippen molar-refractivity contribution < 1.29 is 43.5 Å². The van der Waals surface area contributed by atoms with Gasteiger partial charge in [-0.25, -0.2) is 14.4 Å². The molecule has 4 N–H and O–H groups in total. The summed E-state index contributed by atoms with van der Waals surface area (Å²) in [7, 11) is 0. The first kappa shape index (κ1) is 35.5. The number of hydrogen-bond acceptors (Lipinski definition) is 11. The number of esters is 2. The van der Waals surface area contributed by atoms with Crippen LogP contribution in [-0.4, -0.2) is 80.5 Å². The molecule has 0 bridgehead atoms. The van der Waals surface area contributed by atoms with Crippen LogP contribution in [0.5, 0.6) is 0 Å². The fourth-order valence-electron chi connectivity index (χ4n) is 3.94. The minimum atomic E-state index is -1.12. The van der Waals surface area contributed by atoms with E-state index in [1.165, 1.54) is 6.20 Å². The van der Waals surface area contributed by atoms with Crippen LogP contribution in [0, 0.1) is 11.8 Å². The molecule has 1 aliphatic heterocycles. The Morgan fingerprint density at radius 2 is 1.81 bits per heavy atom. The van der Waals surface area contributed by atoms with Crippen LogP contribution in [-0.2, 0) is 28.5 Å². The maximum Gasteiger partial charge on any atom is 0.408 e. The van der Waals surface area contributed by atoms with Crippen LogP contribution in [0.15, 0.2) is 15.8 Å². The number of rotatable bonds is 11. The summed E-state index contributed by atoms with van der Waals surface area (Å²) in [5.74, 6) is 4.30. The molecule has 0 saturated carbocycles. The van der Waals surface area contributed by atoms with E-state index in [-0.39, 0.29) is 31.4 Å². The first-order chi connectivity index (χ1) is 20.0. The Labute approximate surface area is 250 Å². The molecule has 0 radical (unpaired) electrons. The average Bonchev–Trinajstić information content (AvgIpc) is 3.24. The van der Waals surface area contributed by atoms with Gasteiger partial charge in [0.25, 0.3) is 5.56 Å². The lowest BCUT2D eigenvalue weighted by atomic mass is 10.1. The number of nitrogens with one attached hydrogen (secondary N) is 2. The summed E-state index contributed by atoms with van der Waals surface area (Å²) in [4.78, 5) is 63.7. The summed E-state index contributed by atoms with van der Waals surface area (Å²) >= 11 is 0. The molecule has 14 heteroatoms. The molecule has 1 aliphatic rings. The van der Waals surface area contributed by atoms with E-state index >= 15 is 0 Å². The number of carbonyl (C=O) groups excluding carboxylic acids is 3. The van der Waals surface area contributed by atoms with Crippen LogP contribution < -0.4 is 16.6 Å². The van der Waals surface area contributed by atoms with Crippen molar-refractivity contribution in [1.82, 2.24) is 14.9 Å². The molecule has 0 aliphatic carbocycles. The minimum Gasteiger partial charge on any atom is -0.464 e. The van der Waals surface area contributed by atoms with E-state index in [1.54, 1.807) is 41.5 Å². The zero-order chi connectivity index (χ0) is 32.4. The number of hydrogen-bond donors (Lipinski definition) is 4. The van der Waals surface area contributed by atoms with Crippen LogP contribution >= 0.6 is 0 Å². The number of alkyl carbamates (subject to hydrolysis) is 1. The predicted octanol–water partition coefficient (Wildman–Crippen LogP) is 1.26. The van der Waals surface area contributed by atoms with Crippen molar-refractivity contribution in [2.24, 2.45) is 0 Å². The zero-order valence-electron chi connectivity index (χ0n) is 25.6. The quantitative estimate of drug-likeness (QED) is 0.122. The standard InChI is InChI=1S/C29H43N3O11/c1-28(2,3)42-23(35)13-12-19(30-27(39)43-29(4,5)6)25(37)40-14-10-8-7-9-11-18-16-32(26(38)31-24(18)36)22-15-20(34)21(17-33)41-22/h16,19-22,33-34H,7-8,10,12-15,17H2,1-6H3,(H,30,39)(H,31,36,38)/t19?,20?,21-,22-/m1/s1. The van der Waals surface area contributed by atoms with Crippen molar-refractivity contribution in [1.29, 1.82) is 0 Å². The van der Waals surface area contributed by atoms with E-state index in [1.807, 2.05) is 0 Å². The third-order valence-electron chi connectivity index (χ3n) is 5.86. The SMILES string of the molecule is CC(C)(C)OC(=O)CCC(NC(=O)OC(C)(C)C)C(=O)OCCCCC#Cc1cn([C@H]2CC(O)[C@@H](CO)O2)c(=O)[nH]c1=O. The Hall–Kier alpha value is -3.67. The van der Waals surface area contributed by atoms with Crippen LogP contribution in [0.2, 0.25) is 0 Å². The Kier molecular flexibility index (Phi) is 13.0. The van der Waals surface area contributed by atoms with E-state index in [4.69, 9.17) is 18.9 Å². The molecule has 2 unspecified atom stereocenters. The summed E-state index contributed by atoms with van der Waals surface area (Å²) < 4.78 is 22.4. The fraction of sp³-hybridized carbons (Fsp3) is 0.690. The topological polar surface area (TPSA) is 195 Å². The molecule has 1 fully saturated rings. The normalized spacial score (nSPS) is 19.1. The highest BCUT2D eigenvalue weighted by molar-refractivity contribution is 5.82. The lowest BCUT2D eigenvalue weighted by Gasteiger charge is -2.23. The summed E-state index contributed by atoms with van der Waals surface area (Å²) in [6, 6.07) is -1.12. The number of aromatic amines is 1. The summed E-state index contributed by atoms with van der Waals surface area (Å²) in [6.45, 7) is 9.82. The molecule has 43 heavy (non-hydrogen) atoms. The first-order valence-electron chi connectivity index (χ1n) is 14.2. The van der Waals surface area contributed by atoms with Gasteiger partial charge in [0.05, 0.1) is 19.3 Å². The lowest BCUT2D eigenvalue weighted by Crippen LogP contribution is -2.44. The molecular weight excluding hydrogens is 566 g/mol. The smallest absolute Gasteiger partial charge is 0.408 e. The second kappa shape index (κ2) is 15.7. The molecule has 1 aromatic rings. The number of unbranched alkanes of at least 4 members (excludes halogenated alkanes) is 2. The van der Waals surface area contributed by atoms with Crippen molar-refractivity contribution in [3.05, 3.63) is 32.6 Å². The number of ether oxygens (including phenoxy) is 4. The van der Waals surface area contributed by atoms with Gasteiger partial charge in [0.1, 0.15) is 35.1 Å². The van der Waals surface area contributed by atoms with Gasteiger partial charge in [-0.15, -0.1) is 0 Å². The highest BCUT2D eigenvalue weighted by atomic mass is 16.6. The molecule has 2 heterocycles. The van der Waals surface area contributed by atoms with Crippen molar-refractivity contribution in [2.75, 3.05) is 13.2 Å². The lowest BCUT2D eigenvalue weighted by molar-refractivity contribution is -0.155. The average molecular weight is 610 g/mol. The van der Waals surface area contributed by atoms with E-state index < -0.39 is 71.6 Å². The van der Waals surface area contributed by atoms with Gasteiger partial charge in [-0.3, -0.25) is 19.1 Å². The van der Waals surface area contributed by atoms with Gasteiger partial charge >= 0.3 is 23.7 Å². The molecule has 0 aromatic carbocycles. The van der Waals surface area contributed by atoms with Gasteiger partial charge in [0, 0.05) is 25.5 Å². The molecule has 0 spiro atoms. The summed E-state index contributed by atoms with van der Waals surface area (Å²) in [6.07, 6.45) is -1.02. The highest BCUT2D eigenvalue weighted by Crippen LogP contribution is 2.27. The number of aliphatic hydroxyl groups excluding tert-OH is 2. The third kappa shape index (κ3) is 12.6. The Balaban J connectivity index is 1.90. The Bertz CT molecular complexity index is 1290. The monoisotopic (exact) mass is 609 g/mol. The molecule has 14 nitrogen and oxygen atoms in total. The van der Waals surface area contributed by atoms with Crippen molar-refractivity contribution in [3.63, 3.8) is 0 Å². The van der Waals surface area contributed by atoms with Crippen LogP contribution in [0.3, 0.4) is 0 Å². The van der Waals surface area contributed by atoms with Crippen molar-refractivity contribution >= 4 is 18.0 Å². The number of H-pyrrole nitrogens is 1. The molecule has 240 valence electrons. The van der Waals surface area contributed by atoms with Crippen molar-refractivity contribution in [3.8, 4) is 11.8 Å². The molecule has 1 aromatic heterocycles. The van der Waals surface area contributed by atoms with E-state index in [0.717, 1.165) is 4.57 Å². The second-order valence-electron chi connectivity index (χ2n) is 12.1. The second-order valence-corrected chi connectivity index (χ2v) is 12.1. The number of amides is 1. The molecule has 1 amide bonds. The van der Waals surface area contributed by atoms with Gasteiger partial charge in [-0.1, -0.05) is 11.8 Å². The van der Waals surface area contributed by atoms with E-state index in [0.29, 0.717) is 19.3 Å². The van der Waals surface area contributed by atoms with Gasteiger partial charge in [-0.05, 0) is 60.8 Å². The molecule has 2 rings (SSSR count).